The van der Waals surface area contributed by atoms with E-state index >= 15 is 0 Å². The van der Waals surface area contributed by atoms with Gasteiger partial charge in [-0.25, -0.2) is 0 Å². The molecule has 4 aliphatic carbocycles. The Morgan fingerprint density at radius 3 is 2.52 bits per heavy atom. The molecule has 4 saturated carbocycles. The molecular weight excluding hydrogens is 328 g/mol. The number of hydrogen-bond acceptors (Lipinski definition) is 1. The predicted molar refractivity (Wildman–Crippen MR) is 112 cm³/mol. The molecule has 7 atom stereocenters. The van der Waals surface area contributed by atoms with E-state index in [1.807, 2.05) is 0 Å². The second-order valence-corrected chi connectivity index (χ2v) is 10.7. The van der Waals surface area contributed by atoms with Crippen molar-refractivity contribution in [3.8, 4) is 0 Å². The molecule has 0 saturated heterocycles. The first-order valence-corrected chi connectivity index (χ1v) is 11.5. The van der Waals surface area contributed by atoms with Crippen LogP contribution in [0.3, 0.4) is 0 Å². The summed E-state index contributed by atoms with van der Waals surface area (Å²) in [6, 6.07) is 10.6. The number of aliphatic hydroxyl groups excluding tert-OH is 1. The van der Waals surface area contributed by atoms with Crippen LogP contribution in [0.1, 0.15) is 77.2 Å². The second-order valence-electron chi connectivity index (χ2n) is 10.7. The molecule has 1 aromatic rings. The number of aliphatic hydroxyl groups is 1. The zero-order chi connectivity index (χ0) is 18.6. The van der Waals surface area contributed by atoms with Crippen molar-refractivity contribution in [2.24, 2.45) is 34.5 Å². The summed E-state index contributed by atoms with van der Waals surface area (Å²) < 4.78 is 0. The lowest BCUT2D eigenvalue weighted by Gasteiger charge is -2.60. The van der Waals surface area contributed by atoms with E-state index in [9.17, 15) is 5.11 Å². The summed E-state index contributed by atoms with van der Waals surface area (Å²) in [5, 5.41) is 11.3. The van der Waals surface area contributed by atoms with Crippen LogP contribution in [0.5, 0.6) is 0 Å². The van der Waals surface area contributed by atoms with Crippen LogP contribution in [-0.2, 0) is 0 Å². The minimum absolute atomic E-state index is 0.0969. The maximum absolute atomic E-state index is 11.3. The van der Waals surface area contributed by atoms with E-state index in [1.54, 1.807) is 0 Å². The summed E-state index contributed by atoms with van der Waals surface area (Å²) >= 11 is 0. The summed E-state index contributed by atoms with van der Waals surface area (Å²) in [4.78, 5) is 0. The van der Waals surface area contributed by atoms with Crippen molar-refractivity contribution in [2.75, 3.05) is 0 Å². The molecule has 0 unspecified atom stereocenters. The summed E-state index contributed by atoms with van der Waals surface area (Å²) in [5.41, 5.74) is 3.22. The molecule has 1 heteroatoms. The third-order valence-electron chi connectivity index (χ3n) is 9.60. The van der Waals surface area contributed by atoms with Gasteiger partial charge < -0.3 is 5.11 Å². The Balaban J connectivity index is 1.46. The van der Waals surface area contributed by atoms with Gasteiger partial charge in [-0.3, -0.25) is 0 Å². The molecule has 1 aromatic carbocycles. The highest BCUT2D eigenvalue weighted by Crippen LogP contribution is 2.67. The van der Waals surface area contributed by atoms with Crippen molar-refractivity contribution < 1.29 is 5.11 Å². The fourth-order valence-corrected chi connectivity index (χ4v) is 8.06. The summed E-state index contributed by atoms with van der Waals surface area (Å²) in [5.74, 6) is 3.39. The van der Waals surface area contributed by atoms with Gasteiger partial charge in [-0.05, 0) is 85.2 Å². The van der Waals surface area contributed by atoms with Crippen molar-refractivity contribution in [3.05, 3.63) is 41.5 Å². The molecule has 0 radical (unpaired) electrons. The third-order valence-corrected chi connectivity index (χ3v) is 9.60. The fraction of sp³-hybridized carbons (Fsp3) is 0.692. The molecule has 4 aliphatic rings. The first-order valence-electron chi connectivity index (χ1n) is 11.5. The lowest BCUT2D eigenvalue weighted by Crippen LogP contribution is -2.53. The van der Waals surface area contributed by atoms with E-state index in [1.165, 1.54) is 62.5 Å². The van der Waals surface area contributed by atoms with Crippen LogP contribution in [0.2, 0.25) is 0 Å². The fourth-order valence-electron chi connectivity index (χ4n) is 8.06. The molecular formula is C26H36O. The number of hydrogen-bond donors (Lipinski definition) is 1. The van der Waals surface area contributed by atoms with Crippen LogP contribution in [0.15, 0.2) is 35.9 Å². The van der Waals surface area contributed by atoms with Gasteiger partial charge in [0.05, 0.1) is 6.10 Å². The van der Waals surface area contributed by atoms with Crippen molar-refractivity contribution in [1.82, 2.24) is 0 Å². The van der Waals surface area contributed by atoms with E-state index in [0.29, 0.717) is 11.3 Å². The van der Waals surface area contributed by atoms with Gasteiger partial charge in [0.25, 0.3) is 0 Å². The maximum Gasteiger partial charge on any atom is 0.0809 e. The van der Waals surface area contributed by atoms with Gasteiger partial charge in [-0.15, -0.1) is 0 Å². The van der Waals surface area contributed by atoms with Crippen molar-refractivity contribution in [2.45, 2.75) is 77.7 Å². The second kappa shape index (κ2) is 6.48. The Kier molecular flexibility index (Phi) is 4.31. The quantitative estimate of drug-likeness (QED) is 0.605. The molecule has 1 nitrogen and oxygen atoms in total. The molecule has 0 bridgehead atoms. The monoisotopic (exact) mass is 364 g/mol. The number of fused-ring (bicyclic) bond motifs is 5. The Hall–Kier alpha value is -1.08. The number of benzene rings is 1. The van der Waals surface area contributed by atoms with Gasteiger partial charge in [-0.1, -0.05) is 63.1 Å². The molecule has 1 N–H and O–H groups in total. The van der Waals surface area contributed by atoms with Gasteiger partial charge in [0.15, 0.2) is 0 Å². The van der Waals surface area contributed by atoms with E-state index < -0.39 is 0 Å². The van der Waals surface area contributed by atoms with Crippen LogP contribution < -0.4 is 0 Å². The first kappa shape index (κ1) is 18.0. The minimum Gasteiger partial charge on any atom is -0.388 e. The Bertz CT molecular complexity index is 721. The van der Waals surface area contributed by atoms with E-state index in [2.05, 4.69) is 50.3 Å². The third kappa shape index (κ3) is 2.68. The maximum atomic E-state index is 11.3. The summed E-state index contributed by atoms with van der Waals surface area (Å²) in [6.45, 7) is 5.04. The molecule has 0 spiro atoms. The van der Waals surface area contributed by atoms with Gasteiger partial charge in [0.2, 0.25) is 0 Å². The smallest absolute Gasteiger partial charge is 0.0809 e. The van der Waals surface area contributed by atoms with Crippen molar-refractivity contribution in [3.63, 3.8) is 0 Å². The van der Waals surface area contributed by atoms with E-state index in [0.717, 1.165) is 24.2 Å². The van der Waals surface area contributed by atoms with E-state index in [4.69, 9.17) is 0 Å². The summed E-state index contributed by atoms with van der Waals surface area (Å²) in [7, 11) is 0. The van der Waals surface area contributed by atoms with Crippen LogP contribution >= 0.6 is 0 Å². The standard InChI is InChI=1S/C26H36O/c1-25-14-7-6-10-20(25)11-12-21-22(25)13-15-26(2)23(21)17-19(24(26)27)16-18-8-4-3-5-9-18/h3-5,8-9,16,20-24,27H,6-7,10-15,17H2,1-2H3/b19-16+/t20-,21+,22-,23-,24-,25-,26-/m0/s1. The Morgan fingerprint density at radius 1 is 0.889 bits per heavy atom. The molecule has 4 fully saturated rings. The molecule has 5 rings (SSSR count). The minimum atomic E-state index is -0.249. The van der Waals surface area contributed by atoms with Gasteiger partial charge in [0, 0.05) is 5.41 Å². The topological polar surface area (TPSA) is 20.2 Å². The van der Waals surface area contributed by atoms with Gasteiger partial charge >= 0.3 is 0 Å². The normalized spacial score (nSPS) is 48.0. The van der Waals surface area contributed by atoms with E-state index in [-0.39, 0.29) is 11.5 Å². The van der Waals surface area contributed by atoms with Crippen molar-refractivity contribution >= 4 is 6.08 Å². The van der Waals surface area contributed by atoms with Crippen LogP contribution in [0.4, 0.5) is 0 Å². The van der Waals surface area contributed by atoms with Crippen molar-refractivity contribution in [1.29, 1.82) is 0 Å². The highest BCUT2D eigenvalue weighted by molar-refractivity contribution is 5.55. The molecule has 146 valence electrons. The number of rotatable bonds is 1. The lowest BCUT2D eigenvalue weighted by atomic mass is 9.45. The average Bonchev–Trinajstić information content (AvgIpc) is 2.93. The zero-order valence-electron chi connectivity index (χ0n) is 17.2. The van der Waals surface area contributed by atoms with Gasteiger partial charge in [0.1, 0.15) is 0 Å². The zero-order valence-corrected chi connectivity index (χ0v) is 17.2. The summed E-state index contributed by atoms with van der Waals surface area (Å²) in [6.07, 6.45) is 14.4. The van der Waals surface area contributed by atoms with Gasteiger partial charge in [-0.2, -0.15) is 0 Å². The average molecular weight is 365 g/mol. The first-order chi connectivity index (χ1) is 13.0. The Morgan fingerprint density at radius 2 is 1.70 bits per heavy atom. The molecule has 27 heavy (non-hydrogen) atoms. The largest absolute Gasteiger partial charge is 0.388 e. The van der Waals surface area contributed by atoms with Crippen LogP contribution in [0.25, 0.3) is 6.08 Å². The predicted octanol–water partition coefficient (Wildman–Crippen LogP) is 6.47. The highest BCUT2D eigenvalue weighted by atomic mass is 16.3. The molecule has 0 aliphatic heterocycles. The molecule has 0 heterocycles. The van der Waals surface area contributed by atoms with Crippen LogP contribution in [0, 0.1) is 34.5 Å². The highest BCUT2D eigenvalue weighted by Gasteiger charge is 2.60. The molecule has 0 amide bonds. The lowest BCUT2D eigenvalue weighted by molar-refractivity contribution is -0.119. The Labute approximate surface area is 165 Å². The van der Waals surface area contributed by atoms with Crippen LogP contribution in [-0.4, -0.2) is 11.2 Å². The molecule has 0 aromatic heterocycles. The SMILES string of the molecule is C[C@]12CCCC[C@H]1CC[C@@H]1[C@@H]2CC[C@]2(C)[C@@H](O)/C(=C/c3ccccc3)C[C@@H]12.